The third-order valence-corrected chi connectivity index (χ3v) is 3.72. The van der Waals surface area contributed by atoms with Crippen LogP contribution in [-0.2, 0) is 4.74 Å². The first kappa shape index (κ1) is 9.47. The Labute approximate surface area is 80.3 Å². The van der Waals surface area contributed by atoms with Crippen LogP contribution >= 0.6 is 0 Å². The largest absolute Gasteiger partial charge is 0.396 e. The van der Waals surface area contributed by atoms with E-state index in [1.54, 1.807) is 0 Å². The second kappa shape index (κ2) is 3.25. The summed E-state index contributed by atoms with van der Waals surface area (Å²) < 4.78 is 5.55. The minimum Gasteiger partial charge on any atom is -0.396 e. The predicted molar refractivity (Wildman–Crippen MR) is 51.4 cm³/mol. The molecule has 1 saturated heterocycles. The van der Waals surface area contributed by atoms with Gasteiger partial charge in [0.05, 0.1) is 0 Å². The van der Waals surface area contributed by atoms with E-state index in [0.29, 0.717) is 29.8 Å². The number of aliphatic hydroxyl groups is 1. The highest BCUT2D eigenvalue weighted by molar-refractivity contribution is 4.92. The van der Waals surface area contributed by atoms with Crippen molar-refractivity contribution in [2.24, 2.45) is 23.2 Å². The van der Waals surface area contributed by atoms with Gasteiger partial charge in [-0.25, -0.2) is 0 Å². The van der Waals surface area contributed by atoms with E-state index < -0.39 is 0 Å². The Kier molecular flexibility index (Phi) is 2.37. The van der Waals surface area contributed by atoms with Gasteiger partial charge < -0.3 is 9.84 Å². The lowest BCUT2D eigenvalue weighted by atomic mass is 9.61. The molecule has 2 nitrogen and oxygen atoms in total. The summed E-state index contributed by atoms with van der Waals surface area (Å²) in [6.07, 6.45) is 2.43. The van der Waals surface area contributed by atoms with Gasteiger partial charge in [0.2, 0.25) is 0 Å². The molecule has 0 spiro atoms. The fourth-order valence-corrected chi connectivity index (χ4v) is 3.22. The van der Waals surface area contributed by atoms with Crippen molar-refractivity contribution in [3.05, 3.63) is 0 Å². The van der Waals surface area contributed by atoms with Gasteiger partial charge in [-0.05, 0) is 36.0 Å². The minimum atomic E-state index is 0.356. The van der Waals surface area contributed by atoms with Crippen LogP contribution in [0.2, 0.25) is 0 Å². The van der Waals surface area contributed by atoms with Crippen LogP contribution in [0.25, 0.3) is 0 Å². The molecule has 2 heteroatoms. The summed E-state index contributed by atoms with van der Waals surface area (Å²) in [6.45, 7) is 6.77. The molecular weight excluding hydrogens is 164 g/mol. The molecule has 0 radical (unpaired) electrons. The molecule has 1 heterocycles. The molecule has 0 amide bonds. The van der Waals surface area contributed by atoms with Crippen LogP contribution in [-0.4, -0.2) is 24.9 Å². The zero-order valence-corrected chi connectivity index (χ0v) is 8.62. The quantitative estimate of drug-likeness (QED) is 0.672. The Morgan fingerprint density at radius 1 is 1.23 bits per heavy atom. The Hall–Kier alpha value is -0.0800. The lowest BCUT2D eigenvalue weighted by molar-refractivity contribution is -0.104. The summed E-state index contributed by atoms with van der Waals surface area (Å²) in [6, 6.07) is 0. The maximum Gasteiger partial charge on any atom is 0.0498 e. The number of hydrogen-bond acceptors (Lipinski definition) is 2. The fraction of sp³-hybridized carbons (Fsp3) is 1.00. The average Bonchev–Trinajstić information content (AvgIpc) is 2.01. The van der Waals surface area contributed by atoms with Crippen LogP contribution < -0.4 is 0 Å². The molecule has 76 valence electrons. The maximum absolute atomic E-state index is 9.31. The van der Waals surface area contributed by atoms with E-state index in [-0.39, 0.29) is 0 Å². The summed E-state index contributed by atoms with van der Waals surface area (Å²) in [5, 5.41) is 9.31. The number of ether oxygens (including phenoxy) is 1. The predicted octanol–water partition coefficient (Wildman–Crippen LogP) is 1.68. The SMILES string of the molecule is CC1(C)CC2COCC(C1)C2CO. The molecule has 13 heavy (non-hydrogen) atoms. The molecule has 2 rings (SSSR count). The van der Waals surface area contributed by atoms with Gasteiger partial charge in [-0.1, -0.05) is 13.8 Å². The van der Waals surface area contributed by atoms with Crippen molar-refractivity contribution in [1.29, 1.82) is 0 Å². The standard InChI is InChI=1S/C11H20O2/c1-11(2)3-8-6-13-7-9(4-11)10(8)5-12/h8-10,12H,3-7H2,1-2H3. The molecule has 2 atom stereocenters. The second-order valence-electron chi connectivity index (χ2n) is 5.48. The smallest absolute Gasteiger partial charge is 0.0498 e. The van der Waals surface area contributed by atoms with Gasteiger partial charge in [0.15, 0.2) is 0 Å². The molecule has 1 saturated carbocycles. The maximum atomic E-state index is 9.31. The van der Waals surface area contributed by atoms with Gasteiger partial charge in [-0.2, -0.15) is 0 Å². The van der Waals surface area contributed by atoms with Gasteiger partial charge in [-0.3, -0.25) is 0 Å². The van der Waals surface area contributed by atoms with E-state index in [4.69, 9.17) is 4.74 Å². The average molecular weight is 184 g/mol. The molecule has 2 bridgehead atoms. The van der Waals surface area contributed by atoms with Crippen LogP contribution in [0, 0.1) is 23.2 Å². The lowest BCUT2D eigenvalue weighted by Gasteiger charge is -2.48. The molecule has 0 aromatic rings. The highest BCUT2D eigenvalue weighted by Gasteiger charge is 2.43. The summed E-state index contributed by atoms with van der Waals surface area (Å²) in [4.78, 5) is 0. The third-order valence-electron chi connectivity index (χ3n) is 3.72. The molecule has 1 aliphatic carbocycles. The molecule has 1 N–H and O–H groups in total. The van der Waals surface area contributed by atoms with Crippen LogP contribution in [0.4, 0.5) is 0 Å². The first-order valence-corrected chi connectivity index (χ1v) is 5.31. The fourth-order valence-electron chi connectivity index (χ4n) is 3.22. The van der Waals surface area contributed by atoms with Crippen molar-refractivity contribution in [2.45, 2.75) is 26.7 Å². The van der Waals surface area contributed by atoms with Crippen molar-refractivity contribution in [3.8, 4) is 0 Å². The van der Waals surface area contributed by atoms with Crippen LogP contribution in [0.3, 0.4) is 0 Å². The molecule has 2 aliphatic rings. The first-order valence-electron chi connectivity index (χ1n) is 5.31. The van der Waals surface area contributed by atoms with E-state index in [2.05, 4.69) is 13.8 Å². The molecule has 0 aromatic carbocycles. The summed E-state index contributed by atoms with van der Waals surface area (Å²) >= 11 is 0. The van der Waals surface area contributed by atoms with Gasteiger partial charge >= 0.3 is 0 Å². The third kappa shape index (κ3) is 1.75. The van der Waals surface area contributed by atoms with Crippen LogP contribution in [0.5, 0.6) is 0 Å². The highest BCUT2D eigenvalue weighted by atomic mass is 16.5. The molecule has 1 aliphatic heterocycles. The first-order chi connectivity index (χ1) is 6.12. The second-order valence-corrected chi connectivity index (χ2v) is 5.48. The van der Waals surface area contributed by atoms with E-state index >= 15 is 0 Å². The van der Waals surface area contributed by atoms with Crippen molar-refractivity contribution in [1.82, 2.24) is 0 Å². The Morgan fingerprint density at radius 2 is 1.77 bits per heavy atom. The van der Waals surface area contributed by atoms with Crippen molar-refractivity contribution in [3.63, 3.8) is 0 Å². The van der Waals surface area contributed by atoms with E-state index in [1.165, 1.54) is 12.8 Å². The molecule has 2 fully saturated rings. The Bertz CT molecular complexity index is 173. The van der Waals surface area contributed by atoms with E-state index in [1.807, 2.05) is 0 Å². The Balaban J connectivity index is 2.12. The molecular formula is C11H20O2. The van der Waals surface area contributed by atoms with E-state index in [9.17, 15) is 5.11 Å². The highest BCUT2D eigenvalue weighted by Crippen LogP contribution is 2.47. The van der Waals surface area contributed by atoms with Crippen molar-refractivity contribution < 1.29 is 9.84 Å². The molecule has 0 aromatic heterocycles. The zero-order valence-electron chi connectivity index (χ0n) is 8.62. The lowest BCUT2D eigenvalue weighted by Crippen LogP contribution is -2.46. The van der Waals surface area contributed by atoms with Gasteiger partial charge in [0.25, 0.3) is 0 Å². The summed E-state index contributed by atoms with van der Waals surface area (Å²) in [7, 11) is 0. The molecule has 2 unspecified atom stereocenters. The van der Waals surface area contributed by atoms with Crippen molar-refractivity contribution >= 4 is 0 Å². The topological polar surface area (TPSA) is 29.5 Å². The van der Waals surface area contributed by atoms with Gasteiger partial charge in [0, 0.05) is 19.8 Å². The monoisotopic (exact) mass is 184 g/mol. The zero-order chi connectivity index (χ0) is 9.47. The number of rotatable bonds is 1. The number of hydrogen-bond donors (Lipinski definition) is 1. The van der Waals surface area contributed by atoms with Crippen LogP contribution in [0.1, 0.15) is 26.7 Å². The van der Waals surface area contributed by atoms with Gasteiger partial charge in [0.1, 0.15) is 0 Å². The van der Waals surface area contributed by atoms with Crippen LogP contribution in [0.15, 0.2) is 0 Å². The summed E-state index contributed by atoms with van der Waals surface area (Å²) in [5.41, 5.74) is 0.463. The summed E-state index contributed by atoms with van der Waals surface area (Å²) in [5.74, 6) is 1.72. The number of fused-ring (bicyclic) bond motifs is 2. The Morgan fingerprint density at radius 3 is 2.23 bits per heavy atom. The minimum absolute atomic E-state index is 0.356. The van der Waals surface area contributed by atoms with Gasteiger partial charge in [-0.15, -0.1) is 0 Å². The number of aliphatic hydroxyl groups excluding tert-OH is 1. The van der Waals surface area contributed by atoms with E-state index in [0.717, 1.165) is 13.2 Å². The normalized spacial score (nSPS) is 43.2. The van der Waals surface area contributed by atoms with Crippen molar-refractivity contribution in [2.75, 3.05) is 19.8 Å².